The van der Waals surface area contributed by atoms with Crippen LogP contribution in [0.15, 0.2) is 29.3 Å². The number of hydrogen-bond acceptors (Lipinski definition) is 7. The van der Waals surface area contributed by atoms with E-state index in [9.17, 15) is 27.8 Å². The number of amidine groups is 1. The van der Waals surface area contributed by atoms with Gasteiger partial charge in [0.25, 0.3) is 0 Å². The monoisotopic (exact) mass is 438 g/mol. The van der Waals surface area contributed by atoms with Crippen LogP contribution in [0.25, 0.3) is 0 Å². The van der Waals surface area contributed by atoms with Gasteiger partial charge >= 0.3 is 6.18 Å². The van der Waals surface area contributed by atoms with E-state index in [4.69, 9.17) is 9.47 Å². The highest BCUT2D eigenvalue weighted by molar-refractivity contribution is 8.14. The first-order chi connectivity index (χ1) is 13.6. The summed E-state index contributed by atoms with van der Waals surface area (Å²) in [7, 11) is 3.42. The average molecular weight is 438 g/mol. The molecular formula is C18H22F4N2O4S. The van der Waals surface area contributed by atoms with Gasteiger partial charge in [-0.2, -0.15) is 13.2 Å². The Kier molecular flexibility index (Phi) is 6.74. The van der Waals surface area contributed by atoms with Gasteiger partial charge in [0.05, 0.1) is 6.61 Å². The second kappa shape index (κ2) is 8.76. The molecule has 162 valence electrons. The summed E-state index contributed by atoms with van der Waals surface area (Å²) >= 11 is 1.08. The molecule has 6 unspecified atom stereocenters. The van der Waals surface area contributed by atoms with Crippen molar-refractivity contribution in [2.75, 3.05) is 14.1 Å². The largest absolute Gasteiger partial charge is 0.417 e. The van der Waals surface area contributed by atoms with Crippen molar-refractivity contribution in [1.82, 2.24) is 4.90 Å². The molecule has 0 bridgehead atoms. The molecule has 1 saturated heterocycles. The molecule has 2 aliphatic heterocycles. The van der Waals surface area contributed by atoms with E-state index in [1.165, 1.54) is 24.3 Å². The number of alkyl halides is 4. The van der Waals surface area contributed by atoms with Gasteiger partial charge in [-0.3, -0.25) is 4.99 Å². The molecule has 29 heavy (non-hydrogen) atoms. The van der Waals surface area contributed by atoms with Gasteiger partial charge < -0.3 is 24.6 Å². The third kappa shape index (κ3) is 4.85. The van der Waals surface area contributed by atoms with Crippen LogP contribution in [-0.2, 0) is 22.8 Å². The molecule has 6 nitrogen and oxygen atoms in total. The lowest BCUT2D eigenvalue weighted by atomic mass is 9.94. The van der Waals surface area contributed by atoms with Crippen molar-refractivity contribution in [3.63, 3.8) is 0 Å². The number of rotatable bonds is 5. The summed E-state index contributed by atoms with van der Waals surface area (Å²) in [6, 6.07) is 4.98. The van der Waals surface area contributed by atoms with E-state index in [1.807, 2.05) is 0 Å². The summed E-state index contributed by atoms with van der Waals surface area (Å²) in [5.41, 5.74) is -0.0574. The topological polar surface area (TPSA) is 74.5 Å². The Bertz CT molecular complexity index is 732. The minimum Gasteiger partial charge on any atom is -0.388 e. The molecule has 3 rings (SSSR count). The quantitative estimate of drug-likeness (QED) is 0.686. The van der Waals surface area contributed by atoms with Gasteiger partial charge in [-0.05, 0) is 11.1 Å². The summed E-state index contributed by atoms with van der Waals surface area (Å²) in [5.74, 6) is 0. The van der Waals surface area contributed by atoms with Crippen molar-refractivity contribution in [3.05, 3.63) is 35.4 Å². The number of ether oxygens (including phenoxy) is 2. The fourth-order valence-electron chi connectivity index (χ4n) is 3.13. The van der Waals surface area contributed by atoms with Crippen LogP contribution < -0.4 is 0 Å². The lowest BCUT2D eigenvalue weighted by Gasteiger charge is -2.41. The van der Waals surface area contributed by atoms with Gasteiger partial charge in [0, 0.05) is 14.1 Å². The highest BCUT2D eigenvalue weighted by Crippen LogP contribution is 2.41. The maximum atomic E-state index is 13.7. The van der Waals surface area contributed by atoms with E-state index in [0.717, 1.165) is 11.8 Å². The van der Waals surface area contributed by atoms with E-state index in [0.29, 0.717) is 16.3 Å². The molecular weight excluding hydrogens is 416 g/mol. The minimum atomic E-state index is -4.84. The Morgan fingerprint density at radius 1 is 1.17 bits per heavy atom. The van der Waals surface area contributed by atoms with Gasteiger partial charge in [-0.15, -0.1) is 0 Å². The lowest BCUT2D eigenvalue weighted by Crippen LogP contribution is -2.61. The van der Waals surface area contributed by atoms with Crippen LogP contribution in [0, 0.1) is 0 Å². The zero-order chi connectivity index (χ0) is 21.3. The molecule has 1 aromatic rings. The molecule has 2 heterocycles. The number of hydrogen-bond donors (Lipinski definition) is 2. The van der Waals surface area contributed by atoms with E-state index < -0.39 is 55.4 Å². The van der Waals surface area contributed by atoms with E-state index in [-0.39, 0.29) is 0 Å². The first kappa shape index (κ1) is 22.3. The number of aliphatic imine (C=N–C) groups is 1. The molecule has 0 amide bonds. The van der Waals surface area contributed by atoms with Crippen LogP contribution in [0.1, 0.15) is 11.1 Å². The van der Waals surface area contributed by atoms with Crippen LogP contribution in [0.2, 0.25) is 0 Å². The predicted molar refractivity (Wildman–Crippen MR) is 99.1 cm³/mol. The zero-order valence-corrected chi connectivity index (χ0v) is 16.5. The second-order valence-electron chi connectivity index (χ2n) is 7.09. The fraction of sp³-hybridized carbons (Fsp3) is 0.611. The van der Waals surface area contributed by atoms with Crippen molar-refractivity contribution < 1.29 is 37.2 Å². The normalized spacial score (nSPS) is 30.6. The van der Waals surface area contributed by atoms with Gasteiger partial charge in [0.15, 0.2) is 11.3 Å². The number of nitrogens with zero attached hydrogens (tertiary/aromatic N) is 2. The smallest absolute Gasteiger partial charge is 0.388 e. The van der Waals surface area contributed by atoms with Crippen molar-refractivity contribution in [1.29, 1.82) is 0 Å². The van der Waals surface area contributed by atoms with Crippen LogP contribution in [0.4, 0.5) is 17.6 Å². The first-order valence-corrected chi connectivity index (χ1v) is 9.75. The van der Waals surface area contributed by atoms with Gasteiger partial charge in [0.2, 0.25) is 0 Å². The Hall–Kier alpha value is -1.40. The lowest BCUT2D eigenvalue weighted by molar-refractivity contribution is -0.286. The Balaban J connectivity index is 1.75. The number of thioether (sulfide) groups is 1. The van der Waals surface area contributed by atoms with Crippen molar-refractivity contribution in [2.45, 2.75) is 55.4 Å². The average Bonchev–Trinajstić information content (AvgIpc) is 3.10. The molecule has 2 N–H and O–H groups in total. The Morgan fingerprint density at radius 2 is 1.79 bits per heavy atom. The van der Waals surface area contributed by atoms with Gasteiger partial charge in [-0.25, -0.2) is 4.39 Å². The van der Waals surface area contributed by atoms with Crippen LogP contribution >= 0.6 is 11.8 Å². The molecule has 1 aromatic carbocycles. The maximum Gasteiger partial charge on any atom is 0.417 e. The Morgan fingerprint density at radius 3 is 2.34 bits per heavy atom. The van der Waals surface area contributed by atoms with E-state index in [1.54, 1.807) is 19.0 Å². The van der Waals surface area contributed by atoms with Crippen molar-refractivity contribution in [2.24, 2.45) is 4.99 Å². The van der Waals surface area contributed by atoms with Gasteiger partial charge in [-0.1, -0.05) is 36.0 Å². The number of halogens is 4. The van der Waals surface area contributed by atoms with Crippen LogP contribution in [0.5, 0.6) is 0 Å². The first-order valence-electron chi connectivity index (χ1n) is 8.87. The molecule has 2 aliphatic rings. The number of aliphatic hydroxyl groups excluding tert-OH is 2. The molecule has 6 atom stereocenters. The second-order valence-corrected chi connectivity index (χ2v) is 8.15. The van der Waals surface area contributed by atoms with Crippen LogP contribution in [0.3, 0.4) is 0 Å². The van der Waals surface area contributed by atoms with E-state index >= 15 is 0 Å². The highest BCUT2D eigenvalue weighted by Gasteiger charge is 2.57. The maximum absolute atomic E-state index is 13.7. The molecule has 1 fully saturated rings. The highest BCUT2D eigenvalue weighted by atomic mass is 32.2. The number of fused-ring (bicyclic) bond motifs is 1. The number of aliphatic hydroxyl groups is 2. The van der Waals surface area contributed by atoms with E-state index in [2.05, 4.69) is 4.99 Å². The third-order valence-corrected chi connectivity index (χ3v) is 6.00. The fourth-order valence-corrected chi connectivity index (χ4v) is 4.27. The molecule has 11 heteroatoms. The molecule has 0 aromatic heterocycles. The molecule has 0 radical (unpaired) electrons. The Labute approximate surface area is 169 Å². The molecule has 0 spiro atoms. The summed E-state index contributed by atoms with van der Waals surface area (Å²) in [5, 5.41) is 21.2. The number of benzene rings is 1. The van der Waals surface area contributed by atoms with Crippen LogP contribution in [-0.4, -0.2) is 76.4 Å². The third-order valence-electron chi connectivity index (χ3n) is 4.70. The summed E-state index contributed by atoms with van der Waals surface area (Å²) in [4.78, 5) is 5.88. The SMILES string of the molecule is CN(C)C1=NC2C(OC(C(OCc3ccc(CF)cc3)C(F)(F)F)C(O)C2O)S1. The predicted octanol–water partition coefficient (Wildman–Crippen LogP) is 2.08. The standard InChI is InChI=1S/C18H22F4N2O4S/c1-24(2)17-23-11-12(25)13(26)14(28-16(11)29-17)15(18(20,21)22)27-8-10-5-3-9(7-19)4-6-10/h3-6,11-16,25-26H,7-8H2,1-2H3. The summed E-state index contributed by atoms with van der Waals surface area (Å²) < 4.78 is 64.2. The zero-order valence-electron chi connectivity index (χ0n) is 15.7. The van der Waals surface area contributed by atoms with Gasteiger partial charge in [0.1, 0.15) is 36.5 Å². The summed E-state index contributed by atoms with van der Waals surface area (Å²) in [6.07, 6.45) is -12.5. The van der Waals surface area contributed by atoms with Crippen molar-refractivity contribution >= 4 is 16.9 Å². The molecule has 0 saturated carbocycles. The van der Waals surface area contributed by atoms with Crippen molar-refractivity contribution in [3.8, 4) is 0 Å². The molecule has 0 aliphatic carbocycles. The summed E-state index contributed by atoms with van der Waals surface area (Å²) in [6.45, 7) is -1.09. The minimum absolute atomic E-state index is 0.399.